The van der Waals surface area contributed by atoms with Gasteiger partial charge in [-0.3, -0.25) is 24.6 Å². The van der Waals surface area contributed by atoms with E-state index >= 15 is 0 Å². The van der Waals surface area contributed by atoms with E-state index in [0.29, 0.717) is 23.6 Å². The summed E-state index contributed by atoms with van der Waals surface area (Å²) in [7, 11) is 3.05. The summed E-state index contributed by atoms with van der Waals surface area (Å²) >= 11 is 0. The normalized spacial score (nSPS) is 27.7. The van der Waals surface area contributed by atoms with Crippen LogP contribution < -0.4 is 20.1 Å². The van der Waals surface area contributed by atoms with E-state index in [0.717, 1.165) is 10.5 Å². The van der Waals surface area contributed by atoms with Crippen LogP contribution in [-0.4, -0.2) is 60.6 Å². The molecular weight excluding hydrogens is 457 g/mol. The van der Waals surface area contributed by atoms with Gasteiger partial charge in [-0.05, 0) is 49.2 Å². The quantitative estimate of drug-likeness (QED) is 0.529. The molecule has 3 heterocycles. The van der Waals surface area contributed by atoms with Crippen LogP contribution in [-0.2, 0) is 26.3 Å². The Balaban J connectivity index is 1.49. The molecule has 3 N–H and O–H groups in total. The van der Waals surface area contributed by atoms with E-state index in [-0.39, 0.29) is 12.1 Å². The average molecular weight is 483 g/mol. The fourth-order valence-electron chi connectivity index (χ4n) is 5.68. The molecule has 184 valence electrons. The van der Waals surface area contributed by atoms with Gasteiger partial charge in [0.2, 0.25) is 17.7 Å². The predicted molar refractivity (Wildman–Crippen MR) is 122 cm³/mol. The third-order valence-electron chi connectivity index (χ3n) is 7.29. The van der Waals surface area contributed by atoms with Crippen LogP contribution in [0.2, 0.25) is 0 Å². The number of likely N-dealkylation sites (tertiary alicyclic amines) is 1. The van der Waals surface area contributed by atoms with Crippen LogP contribution in [0, 0.1) is 17.7 Å². The van der Waals surface area contributed by atoms with Crippen LogP contribution in [0.5, 0.6) is 11.5 Å². The zero-order chi connectivity index (χ0) is 25.1. The van der Waals surface area contributed by atoms with Gasteiger partial charge in [-0.1, -0.05) is 6.07 Å². The zero-order valence-electron chi connectivity index (χ0n) is 19.5. The average Bonchev–Trinajstić information content (AvgIpc) is 3.43. The smallest absolute Gasteiger partial charge is 0.250 e. The van der Waals surface area contributed by atoms with Crippen LogP contribution >= 0.6 is 0 Å². The lowest BCUT2D eigenvalue weighted by atomic mass is 9.76. The summed E-state index contributed by atoms with van der Waals surface area (Å²) < 4.78 is 24.8. The van der Waals surface area contributed by atoms with E-state index in [1.54, 1.807) is 12.1 Å². The van der Waals surface area contributed by atoms with Crippen molar-refractivity contribution in [1.82, 2.24) is 10.2 Å². The first-order chi connectivity index (χ1) is 16.7. The van der Waals surface area contributed by atoms with Crippen molar-refractivity contribution in [3.8, 4) is 11.5 Å². The van der Waals surface area contributed by atoms with Crippen molar-refractivity contribution in [2.75, 3.05) is 26.1 Å². The number of aliphatic hydroxyl groups excluding tert-OH is 1. The maximum Gasteiger partial charge on any atom is 0.250 e. The molecule has 9 nitrogen and oxygen atoms in total. The number of benzene rings is 2. The molecule has 10 heteroatoms. The maximum atomic E-state index is 14.2. The molecule has 0 bridgehead atoms. The molecule has 5 atom stereocenters. The van der Waals surface area contributed by atoms with E-state index in [1.807, 2.05) is 6.07 Å². The highest BCUT2D eigenvalue weighted by Gasteiger charge is 2.71. The first kappa shape index (κ1) is 23.3. The van der Waals surface area contributed by atoms with Gasteiger partial charge >= 0.3 is 0 Å². The molecule has 2 aromatic carbocycles. The van der Waals surface area contributed by atoms with E-state index in [1.165, 1.54) is 39.3 Å². The van der Waals surface area contributed by atoms with Crippen LogP contribution in [0.15, 0.2) is 36.4 Å². The molecule has 2 aromatic rings. The van der Waals surface area contributed by atoms with Crippen LogP contribution in [0.4, 0.5) is 10.1 Å². The fraction of sp³-hybridized carbons (Fsp3) is 0.400. The second-order valence-corrected chi connectivity index (χ2v) is 9.13. The number of imide groups is 1. The number of rotatable bonds is 6. The summed E-state index contributed by atoms with van der Waals surface area (Å²) in [5.74, 6) is -3.09. The predicted octanol–water partition coefficient (Wildman–Crippen LogP) is 1.19. The minimum absolute atomic E-state index is 0.0837. The molecule has 35 heavy (non-hydrogen) atoms. The van der Waals surface area contributed by atoms with Gasteiger partial charge in [0, 0.05) is 23.8 Å². The summed E-state index contributed by atoms with van der Waals surface area (Å²) in [4.78, 5) is 41.6. The summed E-state index contributed by atoms with van der Waals surface area (Å²) in [5.41, 5.74) is -0.179. The summed E-state index contributed by atoms with van der Waals surface area (Å²) in [5, 5.41) is 16.2. The lowest BCUT2D eigenvalue weighted by molar-refractivity contribution is -0.143. The second-order valence-electron chi connectivity index (χ2n) is 9.13. The van der Waals surface area contributed by atoms with Crippen molar-refractivity contribution in [3.05, 3.63) is 53.3 Å². The number of carbonyl (C=O) groups excluding carboxylic acids is 3. The van der Waals surface area contributed by atoms with Gasteiger partial charge in [0.25, 0.3) is 0 Å². The SMILES string of the molecule is COc1ccc(CCN2C(=O)[C@@H]3[C@H]([C@H](C)O)N[C@]4(C(=O)Nc5ccc(F)cc54)[C@@H]3C2=O)cc1OC. The van der Waals surface area contributed by atoms with Gasteiger partial charge in [0.1, 0.15) is 11.4 Å². The lowest BCUT2D eigenvalue weighted by Crippen LogP contribution is -2.55. The highest BCUT2D eigenvalue weighted by atomic mass is 19.1. The van der Waals surface area contributed by atoms with Gasteiger partial charge in [-0.25, -0.2) is 4.39 Å². The molecule has 3 aliphatic rings. The Kier molecular flexibility index (Phi) is 5.52. The molecule has 3 aliphatic heterocycles. The molecule has 0 unspecified atom stereocenters. The number of anilines is 1. The fourth-order valence-corrected chi connectivity index (χ4v) is 5.68. The Bertz CT molecular complexity index is 1230. The zero-order valence-corrected chi connectivity index (χ0v) is 19.5. The van der Waals surface area contributed by atoms with Crippen molar-refractivity contribution in [2.45, 2.75) is 31.0 Å². The molecule has 2 saturated heterocycles. The molecule has 0 saturated carbocycles. The van der Waals surface area contributed by atoms with Crippen LogP contribution in [0.25, 0.3) is 0 Å². The number of nitrogens with one attached hydrogen (secondary N) is 2. The lowest BCUT2D eigenvalue weighted by Gasteiger charge is -2.30. The first-order valence-corrected chi connectivity index (χ1v) is 11.4. The Morgan fingerprint density at radius 1 is 1.09 bits per heavy atom. The van der Waals surface area contributed by atoms with Gasteiger partial charge < -0.3 is 19.9 Å². The van der Waals surface area contributed by atoms with Gasteiger partial charge in [-0.2, -0.15) is 0 Å². The molecular formula is C25H26FN3O6. The van der Waals surface area contributed by atoms with Crippen molar-refractivity contribution in [3.63, 3.8) is 0 Å². The number of hydrogen-bond acceptors (Lipinski definition) is 7. The third-order valence-corrected chi connectivity index (χ3v) is 7.29. The number of fused-ring (bicyclic) bond motifs is 4. The Morgan fingerprint density at radius 3 is 2.51 bits per heavy atom. The highest BCUT2D eigenvalue weighted by molar-refractivity contribution is 6.15. The van der Waals surface area contributed by atoms with E-state index in [2.05, 4.69) is 10.6 Å². The Morgan fingerprint density at radius 2 is 1.83 bits per heavy atom. The number of nitrogens with zero attached hydrogens (tertiary/aromatic N) is 1. The van der Waals surface area contributed by atoms with Gasteiger partial charge in [-0.15, -0.1) is 0 Å². The maximum absolute atomic E-state index is 14.2. The standard InChI is InChI=1S/C25H26FN3O6/c1-12(30)21-19-20(25(28-21)15-11-14(26)5-6-16(15)27-24(25)33)23(32)29(22(19)31)9-8-13-4-7-17(34-2)18(10-13)35-3/h4-7,10-12,19-21,28,30H,8-9H2,1-3H3,(H,27,33)/t12-,19-,20-,21-,25-/m0/s1. The van der Waals surface area contributed by atoms with Crippen molar-refractivity contribution >= 4 is 23.4 Å². The number of methoxy groups -OCH3 is 2. The van der Waals surface area contributed by atoms with Crippen molar-refractivity contribution in [2.24, 2.45) is 11.8 Å². The topological polar surface area (TPSA) is 117 Å². The van der Waals surface area contributed by atoms with E-state index in [9.17, 15) is 23.9 Å². The minimum atomic E-state index is -1.64. The van der Waals surface area contributed by atoms with Crippen LogP contribution in [0.1, 0.15) is 18.1 Å². The molecule has 0 aliphatic carbocycles. The molecule has 1 spiro atoms. The van der Waals surface area contributed by atoms with Crippen molar-refractivity contribution in [1.29, 1.82) is 0 Å². The van der Waals surface area contributed by atoms with E-state index in [4.69, 9.17) is 9.47 Å². The number of ether oxygens (including phenoxy) is 2. The van der Waals surface area contributed by atoms with Crippen LogP contribution in [0.3, 0.4) is 0 Å². The molecule has 0 radical (unpaired) electrons. The number of amides is 3. The Hall–Kier alpha value is -3.50. The van der Waals surface area contributed by atoms with Gasteiger partial charge in [0.15, 0.2) is 11.5 Å². The third kappa shape index (κ3) is 3.31. The number of aliphatic hydroxyl groups is 1. The number of hydrogen-bond donors (Lipinski definition) is 3. The minimum Gasteiger partial charge on any atom is -0.493 e. The summed E-state index contributed by atoms with van der Waals surface area (Å²) in [6.07, 6.45) is -0.677. The summed E-state index contributed by atoms with van der Waals surface area (Å²) in [6, 6.07) is 8.32. The number of carbonyl (C=O) groups is 3. The monoisotopic (exact) mass is 483 g/mol. The first-order valence-electron chi connectivity index (χ1n) is 11.4. The molecule has 5 rings (SSSR count). The molecule has 0 aromatic heterocycles. The highest BCUT2D eigenvalue weighted by Crippen LogP contribution is 2.53. The van der Waals surface area contributed by atoms with Crippen molar-refractivity contribution < 1.29 is 33.4 Å². The Labute approximate surface area is 201 Å². The largest absolute Gasteiger partial charge is 0.493 e. The summed E-state index contributed by atoms with van der Waals surface area (Å²) in [6.45, 7) is 1.58. The van der Waals surface area contributed by atoms with Gasteiger partial charge in [0.05, 0.1) is 32.2 Å². The van der Waals surface area contributed by atoms with E-state index < -0.39 is 53.1 Å². The second kappa shape index (κ2) is 8.31. The molecule has 2 fully saturated rings. The number of halogens is 1. The molecule has 3 amide bonds.